The fourth-order valence-corrected chi connectivity index (χ4v) is 5.02. The van der Waals surface area contributed by atoms with Crippen LogP contribution in [0, 0.1) is 5.41 Å². The summed E-state index contributed by atoms with van der Waals surface area (Å²) in [6.07, 6.45) is 1.60. The van der Waals surface area contributed by atoms with Crippen molar-refractivity contribution in [3.8, 4) is 0 Å². The van der Waals surface area contributed by atoms with Crippen LogP contribution in [0.4, 0.5) is 13.2 Å². The Bertz CT molecular complexity index is 980. The molecule has 180 valence electrons. The highest BCUT2D eigenvalue weighted by molar-refractivity contribution is 7.07. The minimum atomic E-state index is -5.08. The van der Waals surface area contributed by atoms with Crippen LogP contribution in [0.25, 0.3) is 0 Å². The second-order valence-electron chi connectivity index (χ2n) is 8.98. The van der Waals surface area contributed by atoms with Crippen LogP contribution >= 0.6 is 11.3 Å². The van der Waals surface area contributed by atoms with Crippen molar-refractivity contribution in [2.75, 3.05) is 13.1 Å². The van der Waals surface area contributed by atoms with Gasteiger partial charge in [0.2, 0.25) is 5.82 Å². The van der Waals surface area contributed by atoms with Gasteiger partial charge in [-0.15, -0.1) is 10.2 Å². The van der Waals surface area contributed by atoms with Crippen LogP contribution in [0.15, 0.2) is 16.8 Å². The number of alkyl halides is 3. The molecule has 2 aliphatic heterocycles. The topological polar surface area (TPSA) is 100 Å². The molecule has 3 aliphatic rings. The molecule has 0 bridgehead atoms. The number of carboxylic acid groups (broad SMARTS) is 1. The lowest BCUT2D eigenvalue weighted by atomic mass is 9.73. The van der Waals surface area contributed by atoms with Gasteiger partial charge >= 0.3 is 12.1 Å². The molecule has 0 atom stereocenters. The van der Waals surface area contributed by atoms with Gasteiger partial charge in [-0.2, -0.15) is 24.5 Å². The van der Waals surface area contributed by atoms with Crippen molar-refractivity contribution in [1.82, 2.24) is 25.0 Å². The molecule has 1 saturated carbocycles. The number of rotatable bonds is 4. The number of likely N-dealkylation sites (tertiary alicyclic amines) is 1. The minimum Gasteiger partial charge on any atom is -0.475 e. The van der Waals surface area contributed by atoms with Crippen molar-refractivity contribution >= 4 is 23.2 Å². The normalized spacial score (nSPS) is 20.0. The Morgan fingerprint density at radius 2 is 1.91 bits per heavy atom. The van der Waals surface area contributed by atoms with Gasteiger partial charge in [-0.25, -0.2) is 4.79 Å². The Morgan fingerprint density at radius 1 is 1.21 bits per heavy atom. The van der Waals surface area contributed by atoms with Gasteiger partial charge in [0.05, 0.1) is 0 Å². The Kier molecular flexibility index (Phi) is 6.76. The van der Waals surface area contributed by atoms with Crippen molar-refractivity contribution in [2.45, 2.75) is 63.8 Å². The smallest absolute Gasteiger partial charge is 0.475 e. The first-order valence-corrected chi connectivity index (χ1v) is 11.9. The number of aliphatic carboxylic acids is 1. The molecule has 1 saturated heterocycles. The number of fused-ring (bicyclic) bond motifs is 1. The first-order chi connectivity index (χ1) is 15.7. The number of carbonyl (C=O) groups is 2. The first-order valence-electron chi connectivity index (χ1n) is 10.9. The van der Waals surface area contributed by atoms with E-state index in [-0.39, 0.29) is 5.91 Å². The van der Waals surface area contributed by atoms with Crippen LogP contribution in [0.2, 0.25) is 0 Å². The number of halogens is 3. The number of hydrogen-bond acceptors (Lipinski definition) is 6. The van der Waals surface area contributed by atoms with E-state index in [1.165, 1.54) is 24.8 Å². The lowest BCUT2D eigenvalue weighted by Crippen LogP contribution is -2.44. The van der Waals surface area contributed by atoms with Gasteiger partial charge in [-0.1, -0.05) is 0 Å². The molecule has 2 fully saturated rings. The molecule has 0 radical (unpaired) electrons. The number of nitrogens with zero attached hydrogens (tertiary/aromatic N) is 4. The summed E-state index contributed by atoms with van der Waals surface area (Å²) in [5, 5.41) is 23.1. The summed E-state index contributed by atoms with van der Waals surface area (Å²) >= 11 is 1.77. The summed E-state index contributed by atoms with van der Waals surface area (Å²) < 4.78 is 33.8. The molecule has 1 spiro atoms. The summed E-state index contributed by atoms with van der Waals surface area (Å²) in [5.41, 5.74) is 1.73. The Hall–Kier alpha value is -2.47. The number of nitrogens with one attached hydrogen (secondary N) is 1. The first kappa shape index (κ1) is 23.7. The van der Waals surface area contributed by atoms with E-state index < -0.39 is 12.1 Å². The summed E-state index contributed by atoms with van der Waals surface area (Å²) in [6, 6.07) is 2.58. The van der Waals surface area contributed by atoms with Crippen LogP contribution in [0.5, 0.6) is 0 Å². The summed E-state index contributed by atoms with van der Waals surface area (Å²) in [6.45, 7) is 4.23. The zero-order valence-electron chi connectivity index (χ0n) is 18.0. The van der Waals surface area contributed by atoms with E-state index in [1.54, 1.807) is 11.3 Å². The molecule has 2 aromatic rings. The van der Waals surface area contributed by atoms with Crippen LogP contribution in [0.1, 0.15) is 54.1 Å². The molecular formula is C21H26F3N5O3S. The maximum Gasteiger partial charge on any atom is 0.490 e. The largest absolute Gasteiger partial charge is 0.490 e. The highest BCUT2D eigenvalue weighted by Crippen LogP contribution is 2.41. The van der Waals surface area contributed by atoms with E-state index in [9.17, 15) is 18.0 Å². The second kappa shape index (κ2) is 9.41. The molecule has 12 heteroatoms. The van der Waals surface area contributed by atoms with E-state index >= 15 is 0 Å². The SMILES string of the molecule is O=C(NC1CC1)c1nnc2n1CC1(CC2)CCN(Cc2ccsc2)CC1.O=C(O)C(F)(F)F. The maximum atomic E-state index is 12.5. The van der Waals surface area contributed by atoms with Crippen molar-refractivity contribution in [3.05, 3.63) is 34.0 Å². The average Bonchev–Trinajstić information content (AvgIpc) is 3.25. The zero-order valence-corrected chi connectivity index (χ0v) is 18.8. The number of carbonyl (C=O) groups excluding carboxylic acids is 1. The Labute approximate surface area is 192 Å². The van der Waals surface area contributed by atoms with E-state index in [4.69, 9.17) is 9.90 Å². The second-order valence-corrected chi connectivity index (χ2v) is 9.76. The molecule has 0 aromatic carbocycles. The number of aromatic nitrogens is 3. The average molecular weight is 486 g/mol. The molecule has 8 nitrogen and oxygen atoms in total. The predicted molar refractivity (Wildman–Crippen MR) is 114 cm³/mol. The fraction of sp³-hybridized carbons (Fsp3) is 0.619. The van der Waals surface area contributed by atoms with Gasteiger partial charge in [-0.05, 0) is 73.0 Å². The van der Waals surface area contributed by atoms with Gasteiger partial charge in [0.1, 0.15) is 5.82 Å². The third-order valence-electron chi connectivity index (χ3n) is 6.46. The summed E-state index contributed by atoms with van der Waals surface area (Å²) in [4.78, 5) is 23.9. The quantitative estimate of drug-likeness (QED) is 0.691. The van der Waals surface area contributed by atoms with E-state index in [0.29, 0.717) is 17.3 Å². The molecule has 1 aliphatic carbocycles. The number of amides is 1. The van der Waals surface area contributed by atoms with E-state index in [1.807, 2.05) is 0 Å². The number of aryl methyl sites for hydroxylation is 1. The molecule has 0 unspecified atom stereocenters. The summed E-state index contributed by atoms with van der Waals surface area (Å²) in [7, 11) is 0. The minimum absolute atomic E-state index is 0.0433. The number of hydrogen-bond donors (Lipinski definition) is 2. The van der Waals surface area contributed by atoms with Gasteiger partial charge in [-0.3, -0.25) is 9.69 Å². The lowest BCUT2D eigenvalue weighted by Gasteiger charge is -2.44. The van der Waals surface area contributed by atoms with Crippen molar-refractivity contribution in [2.24, 2.45) is 5.41 Å². The van der Waals surface area contributed by atoms with Crippen LogP contribution < -0.4 is 5.32 Å². The lowest BCUT2D eigenvalue weighted by molar-refractivity contribution is -0.192. The Morgan fingerprint density at radius 3 is 2.48 bits per heavy atom. The standard InChI is InChI=1S/C19H25N5OS.C2HF3O2/c25-18(20-15-1-2-15)17-22-21-16-3-5-19(13-24(16)17)6-8-23(9-7-19)11-14-4-10-26-12-14;3-2(4,5)1(6)7/h4,10,12,15H,1-3,5-9,11,13H2,(H,20,25);(H,6,7). The van der Waals surface area contributed by atoms with E-state index in [0.717, 1.165) is 51.3 Å². The van der Waals surface area contributed by atoms with Gasteiger partial charge in [0.15, 0.2) is 0 Å². The molecule has 2 N–H and O–H groups in total. The van der Waals surface area contributed by atoms with Crippen LogP contribution in [0.3, 0.4) is 0 Å². The number of carboxylic acids is 1. The van der Waals surface area contributed by atoms with Crippen molar-refractivity contribution < 1.29 is 27.9 Å². The van der Waals surface area contributed by atoms with Crippen LogP contribution in [-0.4, -0.2) is 62.0 Å². The number of thiophene rings is 1. The molecule has 5 rings (SSSR count). The molecule has 33 heavy (non-hydrogen) atoms. The van der Waals surface area contributed by atoms with Gasteiger partial charge in [0, 0.05) is 25.6 Å². The zero-order chi connectivity index (χ0) is 23.6. The van der Waals surface area contributed by atoms with Crippen LogP contribution in [-0.2, 0) is 24.3 Å². The highest BCUT2D eigenvalue weighted by Gasteiger charge is 2.40. The van der Waals surface area contributed by atoms with Gasteiger partial charge in [0.25, 0.3) is 5.91 Å². The maximum absolute atomic E-state index is 12.5. The third-order valence-corrected chi connectivity index (χ3v) is 7.19. The van der Waals surface area contributed by atoms with Crippen molar-refractivity contribution in [1.29, 1.82) is 0 Å². The summed E-state index contributed by atoms with van der Waals surface area (Å²) in [5.74, 6) is -1.30. The molecule has 1 amide bonds. The third kappa shape index (κ3) is 5.91. The van der Waals surface area contributed by atoms with E-state index in [2.05, 4.69) is 41.8 Å². The van der Waals surface area contributed by atoms with Crippen molar-refractivity contribution in [3.63, 3.8) is 0 Å². The number of piperidine rings is 1. The monoisotopic (exact) mass is 485 g/mol. The van der Waals surface area contributed by atoms with Gasteiger partial charge < -0.3 is 15.0 Å². The molecule has 4 heterocycles. The molecular weight excluding hydrogens is 459 g/mol. The predicted octanol–water partition coefficient (Wildman–Crippen LogP) is 3.09. The molecule has 2 aromatic heterocycles. The highest BCUT2D eigenvalue weighted by atomic mass is 32.1. The fourth-order valence-electron chi connectivity index (χ4n) is 4.36. The Balaban J connectivity index is 0.000000325.